The molecule has 0 saturated heterocycles. The molecule has 0 saturated carbocycles. The summed E-state index contributed by atoms with van der Waals surface area (Å²) in [6.07, 6.45) is 3.11. The van der Waals surface area contributed by atoms with E-state index < -0.39 is 0 Å². The van der Waals surface area contributed by atoms with Gasteiger partial charge in [0.2, 0.25) is 0 Å². The lowest BCUT2D eigenvalue weighted by Crippen LogP contribution is -2.23. The second kappa shape index (κ2) is 6.67. The zero-order chi connectivity index (χ0) is 18.4. The Morgan fingerprint density at radius 1 is 1.31 bits per heavy atom. The number of aryl methyl sites for hydroxylation is 4. The van der Waals surface area contributed by atoms with Crippen LogP contribution >= 0.6 is 23.1 Å². The molecule has 1 aliphatic rings. The molecule has 0 N–H and O–H groups in total. The number of benzene rings is 1. The van der Waals surface area contributed by atoms with E-state index in [1.165, 1.54) is 22.2 Å². The van der Waals surface area contributed by atoms with Gasteiger partial charge in [0.25, 0.3) is 5.56 Å². The fourth-order valence-electron chi connectivity index (χ4n) is 3.56. The number of thioether (sulfide) groups is 1. The topological polar surface area (TPSA) is 52.0 Å². The molecule has 0 atom stereocenters. The van der Waals surface area contributed by atoms with E-state index in [1.54, 1.807) is 22.8 Å². The maximum absolute atomic E-state index is 13.5. The number of carbonyl (C=O) groups excluding carboxylic acids is 1. The van der Waals surface area contributed by atoms with Crippen molar-refractivity contribution >= 4 is 39.1 Å². The second-order valence-corrected chi connectivity index (χ2v) is 8.88. The van der Waals surface area contributed by atoms with E-state index in [4.69, 9.17) is 4.98 Å². The summed E-state index contributed by atoms with van der Waals surface area (Å²) < 4.78 is 1.70. The summed E-state index contributed by atoms with van der Waals surface area (Å²) in [7, 11) is 0. The van der Waals surface area contributed by atoms with Gasteiger partial charge >= 0.3 is 0 Å². The van der Waals surface area contributed by atoms with Crippen LogP contribution < -0.4 is 5.56 Å². The average Bonchev–Trinajstić information content (AvgIpc) is 3.14. The third kappa shape index (κ3) is 2.91. The van der Waals surface area contributed by atoms with Gasteiger partial charge in [-0.15, -0.1) is 11.3 Å². The lowest BCUT2D eigenvalue weighted by molar-refractivity contribution is -0.114. The molecule has 0 unspecified atom stereocenters. The van der Waals surface area contributed by atoms with E-state index in [0.29, 0.717) is 10.9 Å². The maximum atomic E-state index is 13.5. The van der Waals surface area contributed by atoms with Crippen LogP contribution in [0.3, 0.4) is 0 Å². The second-order valence-electron chi connectivity index (χ2n) is 6.85. The number of nitrogens with zero attached hydrogens (tertiary/aromatic N) is 2. The van der Waals surface area contributed by atoms with Gasteiger partial charge < -0.3 is 0 Å². The Morgan fingerprint density at radius 3 is 2.85 bits per heavy atom. The summed E-state index contributed by atoms with van der Waals surface area (Å²) in [5.41, 5.74) is 4.21. The van der Waals surface area contributed by atoms with Crippen LogP contribution in [0.2, 0.25) is 0 Å². The van der Waals surface area contributed by atoms with Gasteiger partial charge in [0, 0.05) is 4.88 Å². The summed E-state index contributed by atoms with van der Waals surface area (Å²) in [4.78, 5) is 31.9. The molecule has 0 radical (unpaired) electrons. The highest BCUT2D eigenvalue weighted by Crippen LogP contribution is 2.36. The molecule has 0 fully saturated rings. The molecular formula is C20H20N2O2S2. The molecule has 3 aromatic rings. The van der Waals surface area contributed by atoms with Gasteiger partial charge in [0.05, 0.1) is 16.8 Å². The molecule has 4 nitrogen and oxygen atoms in total. The van der Waals surface area contributed by atoms with E-state index in [1.807, 2.05) is 26.0 Å². The van der Waals surface area contributed by atoms with Crippen LogP contribution in [0.4, 0.5) is 0 Å². The Hall–Kier alpha value is -1.92. The standard InChI is InChI=1S/C20H20N2O2S2/c1-11-7-8-15(12(2)9-11)22-19(24)17-14-5-4-6-16(14)26-18(17)21-20(22)25-10-13(3)23/h7-9H,4-6,10H2,1-3H3. The predicted octanol–water partition coefficient (Wildman–Crippen LogP) is 4.23. The molecule has 1 aliphatic carbocycles. The van der Waals surface area contributed by atoms with Crippen molar-refractivity contribution in [3.63, 3.8) is 0 Å². The molecule has 4 rings (SSSR count). The third-order valence-corrected chi connectivity index (χ3v) is 6.97. The summed E-state index contributed by atoms with van der Waals surface area (Å²) in [5, 5.41) is 1.37. The van der Waals surface area contributed by atoms with Gasteiger partial charge in [0.15, 0.2) is 5.16 Å². The minimum atomic E-state index is -0.00703. The van der Waals surface area contributed by atoms with Crippen molar-refractivity contribution < 1.29 is 4.79 Å². The van der Waals surface area contributed by atoms with Crippen molar-refractivity contribution in [2.75, 3.05) is 5.75 Å². The molecule has 1 aromatic carbocycles. The molecule has 0 amide bonds. The van der Waals surface area contributed by atoms with Gasteiger partial charge in [-0.3, -0.25) is 14.2 Å². The molecular weight excluding hydrogens is 364 g/mol. The Bertz CT molecular complexity index is 1100. The molecule has 6 heteroatoms. The van der Waals surface area contributed by atoms with E-state index in [-0.39, 0.29) is 11.3 Å². The van der Waals surface area contributed by atoms with Crippen molar-refractivity contribution in [1.82, 2.24) is 9.55 Å². The van der Waals surface area contributed by atoms with E-state index in [2.05, 4.69) is 6.07 Å². The minimum absolute atomic E-state index is 0.00703. The SMILES string of the molecule is CC(=O)CSc1nc2sc3c(c2c(=O)n1-c1ccc(C)cc1C)CCC3. The first-order valence-corrected chi connectivity index (χ1v) is 10.5. The average molecular weight is 385 g/mol. The first-order valence-electron chi connectivity index (χ1n) is 8.73. The molecule has 0 aliphatic heterocycles. The minimum Gasteiger partial charge on any atom is -0.299 e. The quantitative estimate of drug-likeness (QED) is 0.499. The van der Waals surface area contributed by atoms with E-state index in [9.17, 15) is 9.59 Å². The Kier molecular flexibility index (Phi) is 4.49. The first kappa shape index (κ1) is 17.5. The fraction of sp³-hybridized carbons (Fsp3) is 0.350. The predicted molar refractivity (Wildman–Crippen MR) is 108 cm³/mol. The first-order chi connectivity index (χ1) is 12.5. The van der Waals surface area contributed by atoms with Crippen LogP contribution in [-0.4, -0.2) is 21.1 Å². The molecule has 2 heterocycles. The largest absolute Gasteiger partial charge is 0.299 e. The number of thiophene rings is 1. The Labute approximate surface area is 160 Å². The van der Waals surface area contributed by atoms with Crippen LogP contribution in [-0.2, 0) is 17.6 Å². The smallest absolute Gasteiger partial charge is 0.267 e. The van der Waals surface area contributed by atoms with Crippen molar-refractivity contribution in [1.29, 1.82) is 0 Å². The normalized spacial score (nSPS) is 13.3. The lowest BCUT2D eigenvalue weighted by Gasteiger charge is -2.14. The molecule has 0 bridgehead atoms. The monoisotopic (exact) mass is 384 g/mol. The van der Waals surface area contributed by atoms with Gasteiger partial charge in [-0.2, -0.15) is 0 Å². The van der Waals surface area contributed by atoms with Crippen LogP contribution in [0.1, 0.15) is 34.9 Å². The Balaban J connectivity index is 2.01. The zero-order valence-electron chi connectivity index (χ0n) is 15.1. The summed E-state index contributed by atoms with van der Waals surface area (Å²) in [5.74, 6) is 0.388. The molecule has 2 aromatic heterocycles. The molecule has 0 spiro atoms. The number of fused-ring (bicyclic) bond motifs is 3. The highest BCUT2D eigenvalue weighted by molar-refractivity contribution is 7.99. The van der Waals surface area contributed by atoms with Crippen LogP contribution in [0.5, 0.6) is 0 Å². The summed E-state index contributed by atoms with van der Waals surface area (Å²) in [6, 6.07) is 6.06. The van der Waals surface area contributed by atoms with Crippen molar-refractivity contribution in [2.24, 2.45) is 0 Å². The van der Waals surface area contributed by atoms with Crippen LogP contribution in [0.25, 0.3) is 15.9 Å². The zero-order valence-corrected chi connectivity index (χ0v) is 16.7. The number of hydrogen-bond acceptors (Lipinski definition) is 5. The highest BCUT2D eigenvalue weighted by atomic mass is 32.2. The fourth-order valence-corrected chi connectivity index (χ4v) is 5.66. The van der Waals surface area contributed by atoms with Crippen LogP contribution in [0.15, 0.2) is 28.2 Å². The van der Waals surface area contributed by atoms with Crippen molar-refractivity contribution in [3.8, 4) is 5.69 Å². The van der Waals surface area contributed by atoms with Gasteiger partial charge in [-0.25, -0.2) is 4.98 Å². The van der Waals surface area contributed by atoms with E-state index in [0.717, 1.165) is 46.3 Å². The van der Waals surface area contributed by atoms with Crippen molar-refractivity contribution in [3.05, 3.63) is 50.1 Å². The number of carbonyl (C=O) groups is 1. The van der Waals surface area contributed by atoms with Gasteiger partial charge in [-0.1, -0.05) is 29.5 Å². The van der Waals surface area contributed by atoms with E-state index >= 15 is 0 Å². The lowest BCUT2D eigenvalue weighted by atomic mass is 10.1. The number of aromatic nitrogens is 2. The Morgan fingerprint density at radius 2 is 2.12 bits per heavy atom. The maximum Gasteiger partial charge on any atom is 0.267 e. The summed E-state index contributed by atoms with van der Waals surface area (Å²) >= 11 is 2.98. The number of Topliss-reactive ketones (excluding diaryl/α,β-unsaturated/α-hetero) is 1. The third-order valence-electron chi connectivity index (χ3n) is 4.71. The summed E-state index contributed by atoms with van der Waals surface area (Å²) in [6.45, 7) is 5.61. The highest BCUT2D eigenvalue weighted by Gasteiger charge is 2.24. The molecule has 134 valence electrons. The van der Waals surface area contributed by atoms with Crippen LogP contribution in [0, 0.1) is 13.8 Å². The van der Waals surface area contributed by atoms with Crippen molar-refractivity contribution in [2.45, 2.75) is 45.2 Å². The number of hydrogen-bond donors (Lipinski definition) is 0. The number of rotatable bonds is 4. The molecule has 26 heavy (non-hydrogen) atoms. The van der Waals surface area contributed by atoms with Gasteiger partial charge in [-0.05, 0) is 57.2 Å². The number of ketones is 1. The van der Waals surface area contributed by atoms with Gasteiger partial charge in [0.1, 0.15) is 10.6 Å².